The van der Waals surface area contributed by atoms with Crippen molar-refractivity contribution in [1.29, 1.82) is 0 Å². The van der Waals surface area contributed by atoms with Crippen LogP contribution in [0.25, 0.3) is 0 Å². The molecular weight excluding hydrogens is 340 g/mol. The number of aryl methyl sites for hydroxylation is 2. The van der Waals surface area contributed by atoms with E-state index in [4.69, 9.17) is 0 Å². The molecule has 0 radical (unpaired) electrons. The summed E-state index contributed by atoms with van der Waals surface area (Å²) in [5.41, 5.74) is 1.90. The van der Waals surface area contributed by atoms with Crippen LogP contribution in [0, 0.1) is 13.8 Å². The third-order valence-electron chi connectivity index (χ3n) is 4.86. The minimum Gasteiger partial charge on any atom is -0.493 e. The van der Waals surface area contributed by atoms with Crippen LogP contribution in [0.4, 0.5) is 0 Å². The molecule has 25 heavy (non-hydrogen) atoms. The SMILES string of the molecule is CCn1ncc(C(=O)c2cc(C)c3c(c2C)C(C)(C)CS3(=O)=O)c1O. The molecule has 1 aliphatic rings. The molecule has 2 heterocycles. The lowest BCUT2D eigenvalue weighted by Crippen LogP contribution is -2.21. The van der Waals surface area contributed by atoms with Crippen LogP contribution in [0.2, 0.25) is 0 Å². The third kappa shape index (κ3) is 2.49. The predicted octanol–water partition coefficient (Wildman–Crippen LogP) is 2.52. The monoisotopic (exact) mass is 362 g/mol. The van der Waals surface area contributed by atoms with Crippen LogP contribution in [-0.2, 0) is 21.8 Å². The molecular formula is C18H22N2O4S. The van der Waals surface area contributed by atoms with E-state index in [2.05, 4.69) is 5.10 Å². The molecule has 0 fully saturated rings. The number of fused-ring (bicyclic) bond motifs is 1. The van der Waals surface area contributed by atoms with Gasteiger partial charge in [0.15, 0.2) is 15.6 Å². The Morgan fingerprint density at radius 2 is 1.96 bits per heavy atom. The molecule has 2 aromatic rings. The average molecular weight is 362 g/mol. The van der Waals surface area contributed by atoms with Crippen molar-refractivity contribution in [3.8, 4) is 5.88 Å². The van der Waals surface area contributed by atoms with Crippen LogP contribution in [0.15, 0.2) is 17.2 Å². The zero-order chi connectivity index (χ0) is 18.7. The molecule has 1 aromatic heterocycles. The van der Waals surface area contributed by atoms with E-state index in [0.717, 1.165) is 0 Å². The Labute approximate surface area is 147 Å². The largest absolute Gasteiger partial charge is 0.493 e. The van der Waals surface area contributed by atoms with E-state index >= 15 is 0 Å². The Balaban J connectivity index is 2.25. The molecule has 0 amide bonds. The molecule has 134 valence electrons. The second-order valence-electron chi connectivity index (χ2n) is 7.24. The number of aromatic hydroxyl groups is 1. The topological polar surface area (TPSA) is 89.3 Å². The van der Waals surface area contributed by atoms with E-state index in [1.54, 1.807) is 19.9 Å². The third-order valence-corrected chi connectivity index (χ3v) is 7.11. The first kappa shape index (κ1) is 17.7. The number of benzene rings is 1. The van der Waals surface area contributed by atoms with Gasteiger partial charge in [-0.05, 0) is 43.5 Å². The van der Waals surface area contributed by atoms with Crippen molar-refractivity contribution in [2.45, 2.75) is 51.5 Å². The number of sulfone groups is 1. The predicted molar refractivity (Wildman–Crippen MR) is 94.0 cm³/mol. The second kappa shape index (κ2) is 5.42. The lowest BCUT2D eigenvalue weighted by molar-refractivity contribution is 0.103. The van der Waals surface area contributed by atoms with Crippen LogP contribution >= 0.6 is 0 Å². The van der Waals surface area contributed by atoms with E-state index < -0.39 is 15.3 Å². The Morgan fingerprint density at radius 1 is 1.32 bits per heavy atom. The maximum absolute atomic E-state index is 13.0. The van der Waals surface area contributed by atoms with E-state index in [0.29, 0.717) is 33.7 Å². The van der Waals surface area contributed by atoms with Crippen LogP contribution in [0.1, 0.15) is 53.4 Å². The number of rotatable bonds is 3. The molecule has 7 heteroatoms. The van der Waals surface area contributed by atoms with Crippen LogP contribution in [0.5, 0.6) is 5.88 Å². The molecule has 0 bridgehead atoms. The van der Waals surface area contributed by atoms with E-state index in [1.165, 1.54) is 10.9 Å². The maximum Gasteiger partial charge on any atom is 0.220 e. The van der Waals surface area contributed by atoms with Gasteiger partial charge < -0.3 is 5.11 Å². The first-order valence-electron chi connectivity index (χ1n) is 8.18. The number of hydrogen-bond acceptors (Lipinski definition) is 5. The number of ketones is 1. The van der Waals surface area contributed by atoms with Gasteiger partial charge in [0.2, 0.25) is 5.88 Å². The van der Waals surface area contributed by atoms with Gasteiger partial charge in [0.05, 0.1) is 16.8 Å². The highest BCUT2D eigenvalue weighted by atomic mass is 32.2. The van der Waals surface area contributed by atoms with Gasteiger partial charge in [-0.1, -0.05) is 13.8 Å². The fourth-order valence-electron chi connectivity index (χ4n) is 3.88. The number of hydrogen-bond donors (Lipinski definition) is 1. The molecule has 0 spiro atoms. The standard InChI is InChI=1S/C18H22N2O4S/c1-6-20-17(22)13(8-19-20)15(21)12-7-10(2)16-14(11(12)3)18(4,5)9-25(16,23)24/h7-8,22H,6,9H2,1-5H3. The molecule has 0 unspecified atom stereocenters. The van der Waals surface area contributed by atoms with Crippen molar-refractivity contribution < 1.29 is 18.3 Å². The van der Waals surface area contributed by atoms with Crippen molar-refractivity contribution >= 4 is 15.6 Å². The van der Waals surface area contributed by atoms with Crippen molar-refractivity contribution in [2.24, 2.45) is 0 Å². The summed E-state index contributed by atoms with van der Waals surface area (Å²) in [4.78, 5) is 13.3. The number of aromatic nitrogens is 2. The minimum absolute atomic E-state index is 0.0354. The molecule has 6 nitrogen and oxygen atoms in total. The highest BCUT2D eigenvalue weighted by molar-refractivity contribution is 7.91. The molecule has 1 aliphatic heterocycles. The highest BCUT2D eigenvalue weighted by Gasteiger charge is 2.44. The summed E-state index contributed by atoms with van der Waals surface area (Å²) in [6, 6.07) is 1.61. The normalized spacial score (nSPS) is 17.5. The van der Waals surface area contributed by atoms with E-state index in [9.17, 15) is 18.3 Å². The highest BCUT2D eigenvalue weighted by Crippen LogP contribution is 2.44. The summed E-state index contributed by atoms with van der Waals surface area (Å²) in [7, 11) is -3.36. The Kier molecular flexibility index (Phi) is 3.83. The average Bonchev–Trinajstić information content (AvgIpc) is 2.96. The van der Waals surface area contributed by atoms with Crippen LogP contribution < -0.4 is 0 Å². The van der Waals surface area contributed by atoms with Crippen molar-refractivity contribution in [1.82, 2.24) is 9.78 Å². The number of carbonyl (C=O) groups excluding carboxylic acids is 1. The van der Waals surface area contributed by atoms with Gasteiger partial charge in [0.25, 0.3) is 0 Å². The Hall–Kier alpha value is -2.15. The fourth-order valence-corrected chi connectivity index (χ4v) is 6.41. The summed E-state index contributed by atoms with van der Waals surface area (Å²) in [5.74, 6) is -0.481. The van der Waals surface area contributed by atoms with Crippen LogP contribution in [0.3, 0.4) is 0 Å². The van der Waals surface area contributed by atoms with Crippen molar-refractivity contribution in [3.05, 3.63) is 40.1 Å². The van der Waals surface area contributed by atoms with Gasteiger partial charge in [-0.15, -0.1) is 0 Å². The number of carbonyl (C=O) groups is 1. The Bertz CT molecular complexity index is 1000. The molecule has 3 rings (SSSR count). The number of nitrogens with zero attached hydrogens (tertiary/aromatic N) is 2. The molecule has 1 N–H and O–H groups in total. The molecule has 1 aromatic carbocycles. The zero-order valence-corrected chi connectivity index (χ0v) is 15.9. The zero-order valence-electron chi connectivity index (χ0n) is 15.0. The molecule has 0 atom stereocenters. The summed E-state index contributed by atoms with van der Waals surface area (Å²) in [6.07, 6.45) is 1.35. The van der Waals surface area contributed by atoms with Crippen molar-refractivity contribution in [2.75, 3.05) is 5.75 Å². The first-order valence-corrected chi connectivity index (χ1v) is 9.83. The Morgan fingerprint density at radius 3 is 2.52 bits per heavy atom. The lowest BCUT2D eigenvalue weighted by Gasteiger charge is -2.21. The summed E-state index contributed by atoms with van der Waals surface area (Å²) >= 11 is 0. The molecule has 0 saturated heterocycles. The van der Waals surface area contributed by atoms with Gasteiger partial charge in [-0.3, -0.25) is 4.79 Å². The molecule has 0 aliphatic carbocycles. The smallest absolute Gasteiger partial charge is 0.220 e. The van der Waals surface area contributed by atoms with E-state index in [1.807, 2.05) is 20.8 Å². The van der Waals surface area contributed by atoms with Crippen LogP contribution in [-0.4, -0.2) is 34.8 Å². The minimum atomic E-state index is -3.36. The van der Waals surface area contributed by atoms with Gasteiger partial charge in [0, 0.05) is 17.5 Å². The first-order chi connectivity index (χ1) is 11.5. The molecule has 0 saturated carbocycles. The second-order valence-corrected chi connectivity index (χ2v) is 9.17. The van der Waals surface area contributed by atoms with Gasteiger partial charge in [-0.25, -0.2) is 13.1 Å². The van der Waals surface area contributed by atoms with E-state index in [-0.39, 0.29) is 23.0 Å². The van der Waals surface area contributed by atoms with Crippen molar-refractivity contribution in [3.63, 3.8) is 0 Å². The maximum atomic E-state index is 13.0. The quantitative estimate of drug-likeness (QED) is 0.848. The fraction of sp³-hybridized carbons (Fsp3) is 0.444. The summed E-state index contributed by atoms with van der Waals surface area (Å²) < 4.78 is 26.4. The lowest BCUT2D eigenvalue weighted by atomic mass is 9.80. The van der Waals surface area contributed by atoms with Gasteiger partial charge in [-0.2, -0.15) is 5.10 Å². The van der Waals surface area contributed by atoms with Gasteiger partial charge in [0.1, 0.15) is 5.56 Å². The van der Waals surface area contributed by atoms with Gasteiger partial charge >= 0.3 is 0 Å². The summed E-state index contributed by atoms with van der Waals surface area (Å²) in [6.45, 7) is 9.51. The summed E-state index contributed by atoms with van der Waals surface area (Å²) in [5, 5.41) is 14.2.